The van der Waals surface area contributed by atoms with Crippen molar-refractivity contribution in [3.8, 4) is 0 Å². The van der Waals surface area contributed by atoms with E-state index in [2.05, 4.69) is 24.4 Å². The maximum atomic E-state index is 12.6. The monoisotopic (exact) mass is 272 g/mol. The highest BCUT2D eigenvalue weighted by Gasteiger charge is 2.41. The van der Waals surface area contributed by atoms with Crippen molar-refractivity contribution in [3.63, 3.8) is 0 Å². The van der Waals surface area contributed by atoms with Crippen molar-refractivity contribution < 1.29 is 9.59 Å². The molecule has 1 aromatic rings. The summed E-state index contributed by atoms with van der Waals surface area (Å²) in [5.74, 6) is 0.368. The molecular formula is C16H20N2O2. The largest absolute Gasteiger partial charge is 0.344 e. The minimum absolute atomic E-state index is 0.0112. The Hall–Kier alpha value is -1.84. The molecule has 1 saturated carbocycles. The summed E-state index contributed by atoms with van der Waals surface area (Å²) in [6.07, 6.45) is 3.45. The number of nitrogens with one attached hydrogen (secondary N) is 1. The van der Waals surface area contributed by atoms with E-state index in [1.807, 2.05) is 12.1 Å². The van der Waals surface area contributed by atoms with Gasteiger partial charge in [-0.15, -0.1) is 0 Å². The fourth-order valence-corrected chi connectivity index (χ4v) is 2.72. The van der Waals surface area contributed by atoms with Gasteiger partial charge < -0.3 is 10.2 Å². The molecule has 3 rings (SSSR count). The van der Waals surface area contributed by atoms with E-state index in [1.165, 1.54) is 5.56 Å². The van der Waals surface area contributed by atoms with Crippen LogP contribution in [-0.4, -0.2) is 24.4 Å². The number of nitrogens with zero attached hydrogens (tertiary/aromatic N) is 1. The van der Waals surface area contributed by atoms with Gasteiger partial charge in [-0.05, 0) is 42.9 Å². The maximum Gasteiger partial charge on any atom is 0.249 e. The van der Waals surface area contributed by atoms with Crippen molar-refractivity contribution in [3.05, 3.63) is 29.8 Å². The van der Waals surface area contributed by atoms with Crippen LogP contribution in [0.1, 0.15) is 31.7 Å². The number of amides is 2. The van der Waals surface area contributed by atoms with Crippen molar-refractivity contribution in [1.82, 2.24) is 5.32 Å². The first kappa shape index (κ1) is 13.2. The zero-order valence-electron chi connectivity index (χ0n) is 11.8. The van der Waals surface area contributed by atoms with Crippen LogP contribution in [0.15, 0.2) is 24.3 Å². The van der Waals surface area contributed by atoms with E-state index in [-0.39, 0.29) is 17.9 Å². The van der Waals surface area contributed by atoms with E-state index in [0.29, 0.717) is 18.9 Å². The number of carbonyl (C=O) groups excluding carboxylic acids is 2. The van der Waals surface area contributed by atoms with Crippen LogP contribution in [0.3, 0.4) is 0 Å². The smallest absolute Gasteiger partial charge is 0.249 e. The summed E-state index contributed by atoms with van der Waals surface area (Å²) in [6, 6.07) is 7.74. The summed E-state index contributed by atoms with van der Waals surface area (Å²) in [6.45, 7) is 2.58. The SMILES string of the molecule is CCc1ccc(N2CCC(=O)NC(C3CC3)C2=O)cc1. The third-order valence-electron chi connectivity index (χ3n) is 4.16. The normalized spacial score (nSPS) is 23.4. The van der Waals surface area contributed by atoms with E-state index >= 15 is 0 Å². The number of carbonyl (C=O) groups is 2. The molecule has 1 unspecified atom stereocenters. The van der Waals surface area contributed by atoms with Crippen molar-refractivity contribution in [2.24, 2.45) is 5.92 Å². The van der Waals surface area contributed by atoms with Crippen molar-refractivity contribution in [2.45, 2.75) is 38.6 Å². The molecule has 0 bridgehead atoms. The molecule has 0 aromatic heterocycles. The summed E-state index contributed by atoms with van der Waals surface area (Å²) in [5.41, 5.74) is 2.15. The van der Waals surface area contributed by atoms with Crippen LogP contribution >= 0.6 is 0 Å². The quantitative estimate of drug-likeness (QED) is 0.913. The molecule has 1 aromatic carbocycles. The first-order valence-electron chi connectivity index (χ1n) is 7.38. The van der Waals surface area contributed by atoms with Crippen molar-refractivity contribution in [1.29, 1.82) is 0 Å². The topological polar surface area (TPSA) is 49.4 Å². The number of anilines is 1. The first-order chi connectivity index (χ1) is 9.69. The average Bonchev–Trinajstić information content (AvgIpc) is 3.29. The zero-order valence-corrected chi connectivity index (χ0v) is 11.8. The summed E-state index contributed by atoms with van der Waals surface area (Å²) < 4.78 is 0. The molecule has 2 aliphatic rings. The lowest BCUT2D eigenvalue weighted by molar-refractivity contribution is -0.126. The molecular weight excluding hydrogens is 252 g/mol. The molecule has 20 heavy (non-hydrogen) atoms. The number of hydrogen-bond acceptors (Lipinski definition) is 2. The summed E-state index contributed by atoms with van der Waals surface area (Å²) in [5, 5.41) is 2.88. The van der Waals surface area contributed by atoms with Gasteiger partial charge in [0.25, 0.3) is 0 Å². The van der Waals surface area contributed by atoms with Crippen LogP contribution in [0.5, 0.6) is 0 Å². The molecule has 1 heterocycles. The van der Waals surface area contributed by atoms with Crippen molar-refractivity contribution in [2.75, 3.05) is 11.4 Å². The van der Waals surface area contributed by atoms with E-state index < -0.39 is 0 Å². The molecule has 0 radical (unpaired) electrons. The van der Waals surface area contributed by atoms with Gasteiger partial charge in [-0.3, -0.25) is 9.59 Å². The Morgan fingerprint density at radius 3 is 2.50 bits per heavy atom. The predicted octanol–water partition coefficient (Wildman–Crippen LogP) is 1.88. The van der Waals surface area contributed by atoms with Gasteiger partial charge in [0.05, 0.1) is 0 Å². The molecule has 1 aliphatic heterocycles. The predicted molar refractivity (Wildman–Crippen MR) is 77.4 cm³/mol. The second-order valence-corrected chi connectivity index (χ2v) is 5.64. The lowest BCUT2D eigenvalue weighted by Gasteiger charge is -2.24. The van der Waals surface area contributed by atoms with Crippen LogP contribution in [-0.2, 0) is 16.0 Å². The Bertz CT molecular complexity index is 520. The minimum atomic E-state index is -0.323. The Kier molecular flexibility index (Phi) is 3.47. The molecule has 2 amide bonds. The number of hydrogen-bond donors (Lipinski definition) is 1. The molecule has 4 heteroatoms. The van der Waals surface area contributed by atoms with Crippen LogP contribution in [0, 0.1) is 5.92 Å². The minimum Gasteiger partial charge on any atom is -0.344 e. The van der Waals surface area contributed by atoms with Crippen molar-refractivity contribution >= 4 is 17.5 Å². The molecule has 1 saturated heterocycles. The molecule has 2 fully saturated rings. The number of rotatable bonds is 3. The number of aryl methyl sites for hydroxylation is 1. The Morgan fingerprint density at radius 1 is 1.20 bits per heavy atom. The highest BCUT2D eigenvalue weighted by Crippen LogP contribution is 2.35. The lowest BCUT2D eigenvalue weighted by atomic mass is 10.1. The Labute approximate surface area is 119 Å². The van der Waals surface area contributed by atoms with Gasteiger partial charge in [0, 0.05) is 18.7 Å². The van der Waals surface area contributed by atoms with E-state index in [1.54, 1.807) is 4.90 Å². The lowest BCUT2D eigenvalue weighted by Crippen LogP contribution is -2.46. The molecule has 1 N–H and O–H groups in total. The van der Waals surface area contributed by atoms with Gasteiger partial charge >= 0.3 is 0 Å². The van der Waals surface area contributed by atoms with Crippen LogP contribution < -0.4 is 10.2 Å². The van der Waals surface area contributed by atoms with Gasteiger partial charge in [-0.25, -0.2) is 0 Å². The third kappa shape index (κ3) is 2.55. The van der Waals surface area contributed by atoms with Gasteiger partial charge in [0.1, 0.15) is 6.04 Å². The molecule has 0 spiro atoms. The second kappa shape index (κ2) is 5.27. The maximum absolute atomic E-state index is 12.6. The standard InChI is InChI=1S/C16H20N2O2/c1-2-11-3-7-13(8-4-11)18-10-9-14(19)17-15(16(18)20)12-5-6-12/h3-4,7-8,12,15H,2,5-6,9-10H2,1H3,(H,17,19). The zero-order chi connectivity index (χ0) is 14.1. The average molecular weight is 272 g/mol. The van der Waals surface area contributed by atoms with E-state index in [0.717, 1.165) is 24.9 Å². The third-order valence-corrected chi connectivity index (χ3v) is 4.16. The Balaban J connectivity index is 1.85. The van der Waals surface area contributed by atoms with Gasteiger partial charge in [-0.2, -0.15) is 0 Å². The van der Waals surface area contributed by atoms with Gasteiger partial charge in [0.15, 0.2) is 0 Å². The van der Waals surface area contributed by atoms with Crippen LogP contribution in [0.25, 0.3) is 0 Å². The first-order valence-corrected chi connectivity index (χ1v) is 7.38. The fourth-order valence-electron chi connectivity index (χ4n) is 2.72. The molecule has 4 nitrogen and oxygen atoms in total. The summed E-state index contributed by atoms with van der Waals surface area (Å²) in [7, 11) is 0. The molecule has 1 aliphatic carbocycles. The summed E-state index contributed by atoms with van der Waals surface area (Å²) in [4.78, 5) is 26.2. The van der Waals surface area contributed by atoms with Gasteiger partial charge in [0.2, 0.25) is 11.8 Å². The van der Waals surface area contributed by atoms with E-state index in [4.69, 9.17) is 0 Å². The Morgan fingerprint density at radius 2 is 1.90 bits per heavy atom. The molecule has 1 atom stereocenters. The second-order valence-electron chi connectivity index (χ2n) is 5.64. The van der Waals surface area contributed by atoms with Crippen LogP contribution in [0.2, 0.25) is 0 Å². The molecule has 106 valence electrons. The van der Waals surface area contributed by atoms with Gasteiger partial charge in [-0.1, -0.05) is 19.1 Å². The highest BCUT2D eigenvalue weighted by atomic mass is 16.2. The highest BCUT2D eigenvalue weighted by molar-refractivity contribution is 6.01. The summed E-state index contributed by atoms with van der Waals surface area (Å²) >= 11 is 0. The van der Waals surface area contributed by atoms with E-state index in [9.17, 15) is 9.59 Å². The number of benzene rings is 1. The van der Waals surface area contributed by atoms with Crippen LogP contribution in [0.4, 0.5) is 5.69 Å². The fraction of sp³-hybridized carbons (Fsp3) is 0.500.